The summed E-state index contributed by atoms with van der Waals surface area (Å²) in [7, 11) is -1.51. The molecule has 1 aliphatic rings. The summed E-state index contributed by atoms with van der Waals surface area (Å²) in [4.78, 5) is 22.6. The zero-order chi connectivity index (χ0) is 19.1. The summed E-state index contributed by atoms with van der Waals surface area (Å²) in [6.07, 6.45) is 2.39. The largest absolute Gasteiger partial charge is 0.444 e. The third-order valence-electron chi connectivity index (χ3n) is 4.41. The summed E-state index contributed by atoms with van der Waals surface area (Å²) in [5.41, 5.74) is 1.54. The second-order valence-electron chi connectivity index (χ2n) is 8.68. The van der Waals surface area contributed by atoms with E-state index < -0.39 is 13.7 Å². The number of nitrogens with one attached hydrogen (secondary N) is 1. The lowest BCUT2D eigenvalue weighted by atomic mass is 10.2. The number of hydrogen-bond acceptors (Lipinski definition) is 3. The fourth-order valence-electron chi connectivity index (χ4n) is 3.31. The monoisotopic (exact) mass is 435 g/mol. The first-order valence-electron chi connectivity index (χ1n) is 8.85. The molecule has 1 aromatic heterocycles. The summed E-state index contributed by atoms with van der Waals surface area (Å²) < 4.78 is 6.68. The molecule has 1 fully saturated rings. The molecule has 0 bridgehead atoms. The number of aromatic nitrogens is 2. The molecule has 1 saturated heterocycles. The molecule has 2 heterocycles. The number of carbonyl (C=O) groups excluding carboxylic acids is 1. The van der Waals surface area contributed by atoms with Crippen LogP contribution >= 0.6 is 15.9 Å². The number of hydrogen-bond donors (Lipinski definition) is 1. The molecule has 0 spiro atoms. The molecular weight excluding hydrogens is 410 g/mol. The van der Waals surface area contributed by atoms with Crippen molar-refractivity contribution in [3.63, 3.8) is 0 Å². The Hall–Kier alpha value is -1.60. The van der Waals surface area contributed by atoms with Gasteiger partial charge in [0.25, 0.3) is 0 Å². The fraction of sp³-hybridized carbons (Fsp3) is 0.474. The predicted octanol–water partition coefficient (Wildman–Crippen LogP) is 5.38. The maximum atomic E-state index is 12.7. The smallest absolute Gasteiger partial charge is 0.410 e. The van der Waals surface area contributed by atoms with E-state index in [1.165, 1.54) is 0 Å². The van der Waals surface area contributed by atoms with Crippen LogP contribution in [0.25, 0.3) is 11.3 Å². The zero-order valence-corrected chi connectivity index (χ0v) is 18.6. The van der Waals surface area contributed by atoms with Crippen molar-refractivity contribution in [2.45, 2.75) is 51.6 Å². The average molecular weight is 436 g/mol. The van der Waals surface area contributed by atoms with Gasteiger partial charge in [-0.2, -0.15) is 0 Å². The lowest BCUT2D eigenvalue weighted by molar-refractivity contribution is 0.0229. The molecule has 5 nitrogen and oxygen atoms in total. The van der Waals surface area contributed by atoms with Gasteiger partial charge in [-0.3, -0.25) is 0 Å². The number of aromatic amines is 1. The molecule has 1 N–H and O–H groups in total. The maximum absolute atomic E-state index is 12.7. The van der Waals surface area contributed by atoms with E-state index in [0.717, 1.165) is 33.8 Å². The van der Waals surface area contributed by atoms with Gasteiger partial charge in [0, 0.05) is 10.6 Å². The molecule has 1 aliphatic heterocycles. The standard InChI is InChI=1S/C19H26BrN3O2Si/c1-19(2,3)25-18(24)23-12-26(4,5)11-16(23)17-21-10-15(22-17)13-6-8-14(20)9-7-13/h6-10,16H,11-12H2,1-5H3,(H,21,22). The van der Waals surface area contributed by atoms with Crippen LogP contribution in [0, 0.1) is 0 Å². The molecule has 0 aliphatic carbocycles. The molecule has 2 aromatic rings. The molecule has 0 saturated carbocycles. The highest BCUT2D eigenvalue weighted by atomic mass is 79.9. The number of carbonyl (C=O) groups is 1. The van der Waals surface area contributed by atoms with Gasteiger partial charge in [0.15, 0.2) is 0 Å². The molecule has 0 radical (unpaired) electrons. The van der Waals surface area contributed by atoms with Gasteiger partial charge < -0.3 is 14.6 Å². The number of halogens is 1. The Balaban J connectivity index is 1.86. The molecule has 1 unspecified atom stereocenters. The van der Waals surface area contributed by atoms with E-state index in [9.17, 15) is 4.79 Å². The number of imidazole rings is 1. The number of benzene rings is 1. The SMILES string of the molecule is CC(C)(C)OC(=O)N1C[Si](C)(C)CC1c1ncc(-c2ccc(Br)cc2)[nH]1. The van der Waals surface area contributed by atoms with Crippen LogP contribution in [0.1, 0.15) is 32.6 Å². The number of H-pyrrole nitrogens is 1. The molecule has 1 atom stereocenters. The minimum atomic E-state index is -1.51. The van der Waals surface area contributed by atoms with Crippen molar-refractivity contribution in [1.82, 2.24) is 14.9 Å². The van der Waals surface area contributed by atoms with Crippen molar-refractivity contribution in [1.29, 1.82) is 0 Å². The second kappa shape index (κ2) is 6.85. The van der Waals surface area contributed by atoms with Crippen LogP contribution in [0.2, 0.25) is 19.1 Å². The summed E-state index contributed by atoms with van der Waals surface area (Å²) in [5, 5.41) is 0. The number of amides is 1. The molecular formula is C19H26BrN3O2Si. The van der Waals surface area contributed by atoms with Crippen molar-refractivity contribution in [2.24, 2.45) is 0 Å². The lowest BCUT2D eigenvalue weighted by Crippen LogP contribution is -2.39. The van der Waals surface area contributed by atoms with Crippen LogP contribution in [0.5, 0.6) is 0 Å². The Morgan fingerprint density at radius 3 is 2.58 bits per heavy atom. The molecule has 7 heteroatoms. The summed E-state index contributed by atoms with van der Waals surface area (Å²) in [6, 6.07) is 9.04. The highest BCUT2D eigenvalue weighted by Crippen LogP contribution is 2.38. The van der Waals surface area contributed by atoms with E-state index in [2.05, 4.69) is 39.0 Å². The molecule has 1 aromatic carbocycles. The molecule has 140 valence electrons. The van der Waals surface area contributed by atoms with Gasteiger partial charge in [-0.25, -0.2) is 9.78 Å². The second-order valence-corrected chi connectivity index (χ2v) is 14.6. The third-order valence-corrected chi connectivity index (χ3v) is 7.63. The molecule has 3 rings (SSSR count). The van der Waals surface area contributed by atoms with Gasteiger partial charge in [0.1, 0.15) is 11.4 Å². The van der Waals surface area contributed by atoms with Gasteiger partial charge >= 0.3 is 6.09 Å². The Morgan fingerprint density at radius 2 is 1.96 bits per heavy atom. The van der Waals surface area contributed by atoms with E-state index >= 15 is 0 Å². The third kappa shape index (κ3) is 4.38. The maximum Gasteiger partial charge on any atom is 0.410 e. The first-order chi connectivity index (χ1) is 12.0. The van der Waals surface area contributed by atoms with E-state index in [1.54, 1.807) is 0 Å². The Kier molecular flexibility index (Phi) is 5.05. The fourth-order valence-corrected chi connectivity index (χ4v) is 6.43. The van der Waals surface area contributed by atoms with Crippen molar-refractivity contribution in [3.05, 3.63) is 40.8 Å². The van der Waals surface area contributed by atoms with Crippen molar-refractivity contribution in [2.75, 3.05) is 6.17 Å². The van der Waals surface area contributed by atoms with Crippen LogP contribution in [-0.4, -0.2) is 40.8 Å². The van der Waals surface area contributed by atoms with E-state index in [4.69, 9.17) is 4.74 Å². The quantitative estimate of drug-likeness (QED) is 0.644. The Morgan fingerprint density at radius 1 is 1.31 bits per heavy atom. The highest BCUT2D eigenvalue weighted by Gasteiger charge is 2.44. The zero-order valence-electron chi connectivity index (χ0n) is 16.0. The van der Waals surface area contributed by atoms with Crippen LogP contribution in [0.3, 0.4) is 0 Å². The van der Waals surface area contributed by atoms with Crippen LogP contribution < -0.4 is 0 Å². The Labute approximate surface area is 164 Å². The normalized spacial score (nSPS) is 19.6. The molecule has 26 heavy (non-hydrogen) atoms. The van der Waals surface area contributed by atoms with Crippen molar-refractivity contribution < 1.29 is 9.53 Å². The summed E-state index contributed by atoms with van der Waals surface area (Å²) >= 11 is 3.46. The average Bonchev–Trinajstić information content (AvgIpc) is 3.10. The van der Waals surface area contributed by atoms with Gasteiger partial charge in [0.2, 0.25) is 0 Å². The van der Waals surface area contributed by atoms with Gasteiger partial charge in [-0.15, -0.1) is 0 Å². The molecule has 1 amide bonds. The van der Waals surface area contributed by atoms with E-state index in [-0.39, 0.29) is 12.1 Å². The summed E-state index contributed by atoms with van der Waals surface area (Å²) in [5.74, 6) is 0.840. The summed E-state index contributed by atoms with van der Waals surface area (Å²) in [6.45, 7) is 10.3. The van der Waals surface area contributed by atoms with Crippen LogP contribution in [0.15, 0.2) is 34.9 Å². The van der Waals surface area contributed by atoms with Crippen molar-refractivity contribution >= 4 is 30.1 Å². The first-order valence-corrected chi connectivity index (χ1v) is 13.1. The van der Waals surface area contributed by atoms with Gasteiger partial charge in [-0.1, -0.05) is 41.2 Å². The minimum Gasteiger partial charge on any atom is -0.444 e. The number of nitrogens with zero attached hydrogens (tertiary/aromatic N) is 2. The lowest BCUT2D eigenvalue weighted by Gasteiger charge is -2.28. The predicted molar refractivity (Wildman–Crippen MR) is 110 cm³/mol. The number of rotatable bonds is 2. The van der Waals surface area contributed by atoms with E-state index in [1.807, 2.05) is 56.1 Å². The van der Waals surface area contributed by atoms with Crippen LogP contribution in [0.4, 0.5) is 4.79 Å². The highest BCUT2D eigenvalue weighted by molar-refractivity contribution is 9.10. The van der Waals surface area contributed by atoms with Gasteiger partial charge in [-0.05, 0) is 44.5 Å². The Bertz CT molecular complexity index is 796. The van der Waals surface area contributed by atoms with Crippen LogP contribution in [-0.2, 0) is 4.74 Å². The van der Waals surface area contributed by atoms with Gasteiger partial charge in [0.05, 0.1) is 26.0 Å². The van der Waals surface area contributed by atoms with E-state index in [0.29, 0.717) is 0 Å². The topological polar surface area (TPSA) is 58.2 Å². The first kappa shape index (κ1) is 19.2. The number of ether oxygens (including phenoxy) is 1. The van der Waals surface area contributed by atoms with Crippen molar-refractivity contribution in [3.8, 4) is 11.3 Å². The minimum absolute atomic E-state index is 0.0456.